The Morgan fingerprint density at radius 2 is 2.07 bits per heavy atom. The van der Waals surface area contributed by atoms with Crippen LogP contribution in [-0.2, 0) is 0 Å². The van der Waals surface area contributed by atoms with Crippen molar-refractivity contribution in [3.8, 4) is 0 Å². The molecule has 2 aromatic heterocycles. The van der Waals surface area contributed by atoms with Crippen molar-refractivity contribution in [2.75, 3.05) is 0 Å². The SMILES string of the molecule is Cc1ncsc1C(N)c1cncnc1. The van der Waals surface area contributed by atoms with Gasteiger partial charge in [0.05, 0.1) is 17.2 Å². The van der Waals surface area contributed by atoms with Crippen molar-refractivity contribution in [2.24, 2.45) is 5.73 Å². The van der Waals surface area contributed by atoms with Crippen LogP contribution in [0, 0.1) is 6.92 Å². The first-order valence-corrected chi connectivity index (χ1v) is 5.07. The molecule has 1 atom stereocenters. The molecule has 0 aliphatic carbocycles. The van der Waals surface area contributed by atoms with Gasteiger partial charge in [-0.3, -0.25) is 0 Å². The van der Waals surface area contributed by atoms with Gasteiger partial charge in [0.15, 0.2) is 0 Å². The Labute approximate surface area is 85.9 Å². The van der Waals surface area contributed by atoms with Gasteiger partial charge in [-0.2, -0.15) is 0 Å². The largest absolute Gasteiger partial charge is 0.319 e. The monoisotopic (exact) mass is 206 g/mol. The van der Waals surface area contributed by atoms with Crippen LogP contribution in [0.5, 0.6) is 0 Å². The minimum absolute atomic E-state index is 0.163. The fourth-order valence-corrected chi connectivity index (χ4v) is 2.06. The summed E-state index contributed by atoms with van der Waals surface area (Å²) < 4.78 is 0. The summed E-state index contributed by atoms with van der Waals surface area (Å²) in [6, 6.07) is -0.163. The first-order valence-electron chi connectivity index (χ1n) is 4.19. The van der Waals surface area contributed by atoms with Crippen LogP contribution in [0.2, 0.25) is 0 Å². The van der Waals surface area contributed by atoms with Gasteiger partial charge in [0.2, 0.25) is 0 Å². The summed E-state index contributed by atoms with van der Waals surface area (Å²) in [5, 5.41) is 0. The molecule has 0 bridgehead atoms. The average Bonchev–Trinajstić information content (AvgIpc) is 2.65. The van der Waals surface area contributed by atoms with Gasteiger partial charge in [-0.05, 0) is 6.92 Å². The molecule has 14 heavy (non-hydrogen) atoms. The highest BCUT2D eigenvalue weighted by molar-refractivity contribution is 7.09. The maximum atomic E-state index is 6.05. The van der Waals surface area contributed by atoms with Crippen LogP contribution in [-0.4, -0.2) is 15.0 Å². The molecule has 5 heteroatoms. The molecular formula is C9H10N4S. The lowest BCUT2D eigenvalue weighted by Gasteiger charge is -2.08. The number of nitrogens with two attached hydrogens (primary N) is 1. The predicted molar refractivity (Wildman–Crippen MR) is 54.9 cm³/mol. The van der Waals surface area contributed by atoms with Crippen molar-refractivity contribution in [3.63, 3.8) is 0 Å². The van der Waals surface area contributed by atoms with E-state index >= 15 is 0 Å². The van der Waals surface area contributed by atoms with Gasteiger partial charge in [-0.25, -0.2) is 15.0 Å². The number of rotatable bonds is 2. The lowest BCUT2D eigenvalue weighted by molar-refractivity contribution is 0.856. The fourth-order valence-electron chi connectivity index (χ4n) is 1.23. The highest BCUT2D eigenvalue weighted by atomic mass is 32.1. The maximum Gasteiger partial charge on any atom is 0.115 e. The van der Waals surface area contributed by atoms with Crippen LogP contribution in [0.3, 0.4) is 0 Å². The maximum absolute atomic E-state index is 6.05. The molecule has 0 saturated heterocycles. The highest BCUT2D eigenvalue weighted by Gasteiger charge is 2.13. The number of aryl methyl sites for hydroxylation is 1. The predicted octanol–water partition coefficient (Wildman–Crippen LogP) is 1.29. The third kappa shape index (κ3) is 1.64. The second-order valence-corrected chi connectivity index (χ2v) is 3.84. The molecule has 1 unspecified atom stereocenters. The van der Waals surface area contributed by atoms with Crippen molar-refractivity contribution in [2.45, 2.75) is 13.0 Å². The van der Waals surface area contributed by atoms with E-state index in [9.17, 15) is 0 Å². The Kier molecular flexibility index (Phi) is 2.51. The van der Waals surface area contributed by atoms with Gasteiger partial charge in [0.25, 0.3) is 0 Å². The Bertz CT molecular complexity index is 412. The zero-order valence-corrected chi connectivity index (χ0v) is 8.53. The Balaban J connectivity index is 2.34. The molecule has 0 aromatic carbocycles. The quantitative estimate of drug-likeness (QED) is 0.804. The molecule has 0 aliphatic rings. The zero-order chi connectivity index (χ0) is 9.97. The van der Waals surface area contributed by atoms with E-state index in [1.54, 1.807) is 29.2 Å². The van der Waals surface area contributed by atoms with E-state index in [0.717, 1.165) is 16.1 Å². The van der Waals surface area contributed by atoms with E-state index in [-0.39, 0.29) is 6.04 Å². The topological polar surface area (TPSA) is 64.7 Å². The van der Waals surface area contributed by atoms with Crippen LogP contribution < -0.4 is 5.73 Å². The Morgan fingerprint density at radius 1 is 1.36 bits per heavy atom. The summed E-state index contributed by atoms with van der Waals surface area (Å²) in [5.74, 6) is 0. The molecule has 2 aromatic rings. The summed E-state index contributed by atoms with van der Waals surface area (Å²) >= 11 is 1.56. The van der Waals surface area contributed by atoms with Crippen LogP contribution in [0.1, 0.15) is 22.2 Å². The first kappa shape index (κ1) is 9.23. The van der Waals surface area contributed by atoms with Crippen molar-refractivity contribution in [1.82, 2.24) is 15.0 Å². The molecule has 0 aliphatic heterocycles. The van der Waals surface area contributed by atoms with E-state index in [2.05, 4.69) is 15.0 Å². The molecule has 0 amide bonds. The Morgan fingerprint density at radius 3 is 2.64 bits per heavy atom. The van der Waals surface area contributed by atoms with Crippen LogP contribution in [0.15, 0.2) is 24.2 Å². The highest BCUT2D eigenvalue weighted by Crippen LogP contribution is 2.24. The van der Waals surface area contributed by atoms with Crippen molar-refractivity contribution in [3.05, 3.63) is 40.4 Å². The Hall–Kier alpha value is -1.33. The molecule has 2 N–H and O–H groups in total. The summed E-state index contributed by atoms with van der Waals surface area (Å²) in [6.07, 6.45) is 4.96. The van der Waals surface area contributed by atoms with Crippen LogP contribution in [0.4, 0.5) is 0 Å². The van der Waals surface area contributed by atoms with Gasteiger partial charge in [0, 0.05) is 22.8 Å². The summed E-state index contributed by atoms with van der Waals surface area (Å²) in [4.78, 5) is 13.1. The first-order chi connectivity index (χ1) is 6.79. The zero-order valence-electron chi connectivity index (χ0n) is 7.71. The summed E-state index contributed by atoms with van der Waals surface area (Å²) in [7, 11) is 0. The van der Waals surface area contributed by atoms with E-state index in [1.165, 1.54) is 6.33 Å². The molecular weight excluding hydrogens is 196 g/mol. The third-order valence-electron chi connectivity index (χ3n) is 2.00. The molecule has 2 rings (SSSR count). The minimum Gasteiger partial charge on any atom is -0.319 e. The van der Waals surface area contributed by atoms with Crippen molar-refractivity contribution < 1.29 is 0 Å². The third-order valence-corrected chi connectivity index (χ3v) is 3.02. The van der Waals surface area contributed by atoms with Gasteiger partial charge in [-0.1, -0.05) is 0 Å². The molecule has 2 heterocycles. The minimum atomic E-state index is -0.163. The van der Waals surface area contributed by atoms with E-state index in [1.807, 2.05) is 6.92 Å². The summed E-state index contributed by atoms with van der Waals surface area (Å²) in [5.41, 5.74) is 9.75. The van der Waals surface area contributed by atoms with Gasteiger partial charge >= 0.3 is 0 Å². The van der Waals surface area contributed by atoms with Gasteiger partial charge in [-0.15, -0.1) is 11.3 Å². The van der Waals surface area contributed by atoms with Gasteiger partial charge in [0.1, 0.15) is 6.33 Å². The molecule has 0 fully saturated rings. The molecule has 72 valence electrons. The fraction of sp³-hybridized carbons (Fsp3) is 0.222. The molecule has 0 saturated carbocycles. The number of thiazole rings is 1. The second-order valence-electron chi connectivity index (χ2n) is 2.95. The number of hydrogen-bond donors (Lipinski definition) is 1. The van der Waals surface area contributed by atoms with Crippen molar-refractivity contribution in [1.29, 1.82) is 0 Å². The van der Waals surface area contributed by atoms with Gasteiger partial charge < -0.3 is 5.73 Å². The van der Waals surface area contributed by atoms with E-state index in [4.69, 9.17) is 5.73 Å². The van der Waals surface area contributed by atoms with Crippen molar-refractivity contribution >= 4 is 11.3 Å². The molecule has 0 radical (unpaired) electrons. The van der Waals surface area contributed by atoms with Crippen LogP contribution >= 0.6 is 11.3 Å². The van der Waals surface area contributed by atoms with E-state index < -0.39 is 0 Å². The summed E-state index contributed by atoms with van der Waals surface area (Å²) in [6.45, 7) is 1.95. The van der Waals surface area contributed by atoms with Crippen LogP contribution in [0.25, 0.3) is 0 Å². The number of nitrogens with zero attached hydrogens (tertiary/aromatic N) is 3. The average molecular weight is 206 g/mol. The molecule has 0 spiro atoms. The lowest BCUT2D eigenvalue weighted by atomic mass is 10.1. The molecule has 4 nitrogen and oxygen atoms in total. The lowest BCUT2D eigenvalue weighted by Crippen LogP contribution is -2.12. The second kappa shape index (κ2) is 3.81. The standard InChI is InChI=1S/C9H10N4S/c1-6-9(14-5-13-6)8(10)7-2-11-4-12-3-7/h2-5,8H,10H2,1H3. The number of aromatic nitrogens is 3. The normalized spacial score (nSPS) is 12.7. The van der Waals surface area contributed by atoms with E-state index in [0.29, 0.717) is 0 Å². The number of hydrogen-bond acceptors (Lipinski definition) is 5. The smallest absolute Gasteiger partial charge is 0.115 e.